The van der Waals surface area contributed by atoms with Crippen LogP contribution < -0.4 is 10.6 Å². The fourth-order valence-corrected chi connectivity index (χ4v) is 1.85. The van der Waals surface area contributed by atoms with E-state index in [2.05, 4.69) is 9.97 Å². The van der Waals surface area contributed by atoms with Crippen molar-refractivity contribution < 1.29 is 0 Å². The maximum atomic E-state index is 7.45. The summed E-state index contributed by atoms with van der Waals surface area (Å²) in [5, 5.41) is 7.45. The van der Waals surface area contributed by atoms with Crippen molar-refractivity contribution in [2.45, 2.75) is 13.5 Å². The quantitative estimate of drug-likeness (QED) is 0.644. The molecular weight excluding hydrogens is 238 g/mol. The highest BCUT2D eigenvalue weighted by Gasteiger charge is 2.05. The third-order valence-electron chi connectivity index (χ3n) is 2.81. The molecule has 1 aromatic heterocycles. The topological polar surface area (TPSA) is 78.9 Å². The largest absolute Gasteiger partial charge is 0.384 e. The molecule has 5 nitrogen and oxygen atoms in total. The molecule has 0 saturated carbocycles. The van der Waals surface area contributed by atoms with E-state index in [-0.39, 0.29) is 5.84 Å². The number of hydrogen-bond donors (Lipinski definition) is 2. The standard InChI is InChI=1S/C14H17N5/c1-10-17-7-6-13(18-10)19(2)9-11-4-3-5-12(8-11)14(15)16/h3-8H,9H2,1-2H3,(H3,15,16). The van der Waals surface area contributed by atoms with Crippen molar-refractivity contribution in [2.24, 2.45) is 5.73 Å². The zero-order valence-corrected chi connectivity index (χ0v) is 11.1. The van der Waals surface area contributed by atoms with Crippen LogP contribution in [-0.2, 0) is 6.54 Å². The van der Waals surface area contributed by atoms with Crippen LogP contribution in [0, 0.1) is 12.3 Å². The molecule has 3 N–H and O–H groups in total. The van der Waals surface area contributed by atoms with Gasteiger partial charge in [0.2, 0.25) is 0 Å². The van der Waals surface area contributed by atoms with E-state index in [0.29, 0.717) is 6.54 Å². The average molecular weight is 255 g/mol. The lowest BCUT2D eigenvalue weighted by Gasteiger charge is -2.18. The molecule has 0 aliphatic rings. The summed E-state index contributed by atoms with van der Waals surface area (Å²) in [5.74, 6) is 1.71. The Balaban J connectivity index is 2.17. The van der Waals surface area contributed by atoms with E-state index in [1.165, 1.54) is 0 Å². The smallest absolute Gasteiger partial charge is 0.132 e. The van der Waals surface area contributed by atoms with Crippen LogP contribution in [0.25, 0.3) is 0 Å². The molecule has 2 rings (SSSR count). The van der Waals surface area contributed by atoms with Crippen LogP contribution in [0.5, 0.6) is 0 Å². The molecular formula is C14H17N5. The molecule has 0 fully saturated rings. The first-order chi connectivity index (χ1) is 9.06. The van der Waals surface area contributed by atoms with Gasteiger partial charge in [0.15, 0.2) is 0 Å². The number of amidine groups is 1. The zero-order valence-electron chi connectivity index (χ0n) is 11.1. The average Bonchev–Trinajstić information content (AvgIpc) is 2.39. The van der Waals surface area contributed by atoms with Gasteiger partial charge >= 0.3 is 0 Å². The van der Waals surface area contributed by atoms with E-state index in [4.69, 9.17) is 11.1 Å². The third kappa shape index (κ3) is 3.28. The molecule has 0 unspecified atom stereocenters. The Hall–Kier alpha value is -2.43. The van der Waals surface area contributed by atoms with Gasteiger partial charge in [-0.25, -0.2) is 9.97 Å². The molecule has 2 aromatic rings. The van der Waals surface area contributed by atoms with Gasteiger partial charge in [0.25, 0.3) is 0 Å². The summed E-state index contributed by atoms with van der Waals surface area (Å²) in [6, 6.07) is 9.55. The van der Waals surface area contributed by atoms with Crippen LogP contribution in [0.1, 0.15) is 17.0 Å². The summed E-state index contributed by atoms with van der Waals surface area (Å²) in [6.07, 6.45) is 1.75. The molecule has 0 bridgehead atoms. The Labute approximate surface area is 112 Å². The fourth-order valence-electron chi connectivity index (χ4n) is 1.85. The summed E-state index contributed by atoms with van der Waals surface area (Å²) in [7, 11) is 1.97. The first-order valence-corrected chi connectivity index (χ1v) is 6.00. The second-order valence-corrected chi connectivity index (χ2v) is 4.43. The van der Waals surface area contributed by atoms with Crippen molar-refractivity contribution in [2.75, 3.05) is 11.9 Å². The number of hydrogen-bond acceptors (Lipinski definition) is 4. The zero-order chi connectivity index (χ0) is 13.8. The number of nitrogens with two attached hydrogens (primary N) is 1. The van der Waals surface area contributed by atoms with Crippen LogP contribution in [0.15, 0.2) is 36.5 Å². The Morgan fingerprint density at radius 2 is 2.16 bits per heavy atom. The Morgan fingerprint density at radius 3 is 2.84 bits per heavy atom. The normalized spacial score (nSPS) is 10.2. The number of aryl methyl sites for hydroxylation is 1. The monoisotopic (exact) mass is 255 g/mol. The number of nitrogens with zero attached hydrogens (tertiary/aromatic N) is 3. The maximum absolute atomic E-state index is 7.45. The van der Waals surface area contributed by atoms with Crippen LogP contribution in [0.2, 0.25) is 0 Å². The van der Waals surface area contributed by atoms with E-state index in [0.717, 1.165) is 22.8 Å². The highest BCUT2D eigenvalue weighted by atomic mass is 15.2. The van der Waals surface area contributed by atoms with Crippen molar-refractivity contribution in [3.63, 3.8) is 0 Å². The third-order valence-corrected chi connectivity index (χ3v) is 2.81. The molecule has 1 heterocycles. The highest BCUT2D eigenvalue weighted by Crippen LogP contribution is 2.13. The van der Waals surface area contributed by atoms with Gasteiger partial charge in [-0.15, -0.1) is 0 Å². The first-order valence-electron chi connectivity index (χ1n) is 6.00. The molecule has 0 spiro atoms. The van der Waals surface area contributed by atoms with Crippen LogP contribution in [0.3, 0.4) is 0 Å². The minimum atomic E-state index is 0.0855. The van der Waals surface area contributed by atoms with Crippen LogP contribution in [-0.4, -0.2) is 22.9 Å². The SMILES string of the molecule is Cc1nccc(N(C)Cc2cccc(C(=N)N)c2)n1. The molecule has 0 aliphatic heterocycles. The first kappa shape index (κ1) is 13.0. The van der Waals surface area contributed by atoms with Gasteiger partial charge in [-0.3, -0.25) is 5.41 Å². The molecule has 1 aromatic carbocycles. The minimum absolute atomic E-state index is 0.0855. The van der Waals surface area contributed by atoms with Crippen molar-refractivity contribution in [3.05, 3.63) is 53.5 Å². The Bertz CT molecular complexity index is 594. The van der Waals surface area contributed by atoms with Crippen molar-refractivity contribution >= 4 is 11.7 Å². The number of anilines is 1. The van der Waals surface area contributed by atoms with Gasteiger partial charge in [0.05, 0.1) is 0 Å². The van der Waals surface area contributed by atoms with E-state index in [1.807, 2.05) is 49.2 Å². The second-order valence-electron chi connectivity index (χ2n) is 4.43. The molecule has 0 amide bonds. The van der Waals surface area contributed by atoms with Gasteiger partial charge < -0.3 is 10.6 Å². The number of nitrogen functional groups attached to an aromatic ring is 1. The summed E-state index contributed by atoms with van der Waals surface area (Å²) < 4.78 is 0. The Morgan fingerprint density at radius 1 is 1.37 bits per heavy atom. The summed E-state index contributed by atoms with van der Waals surface area (Å²) >= 11 is 0. The molecule has 0 atom stereocenters. The maximum Gasteiger partial charge on any atom is 0.132 e. The number of nitrogens with one attached hydrogen (secondary N) is 1. The lowest BCUT2D eigenvalue weighted by Crippen LogP contribution is -2.19. The highest BCUT2D eigenvalue weighted by molar-refractivity contribution is 5.95. The molecule has 98 valence electrons. The predicted molar refractivity (Wildman–Crippen MR) is 76.3 cm³/mol. The van der Waals surface area contributed by atoms with Gasteiger partial charge in [-0.2, -0.15) is 0 Å². The number of aromatic nitrogens is 2. The Kier molecular flexibility index (Phi) is 3.75. The van der Waals surface area contributed by atoms with Gasteiger partial charge in [-0.1, -0.05) is 18.2 Å². The van der Waals surface area contributed by atoms with E-state index < -0.39 is 0 Å². The van der Waals surface area contributed by atoms with Gasteiger partial charge in [0.1, 0.15) is 17.5 Å². The lowest BCUT2D eigenvalue weighted by atomic mass is 10.1. The van der Waals surface area contributed by atoms with Gasteiger partial charge in [-0.05, 0) is 24.6 Å². The molecule has 0 radical (unpaired) electrons. The summed E-state index contributed by atoms with van der Waals surface area (Å²) in [6.45, 7) is 2.57. The van der Waals surface area contributed by atoms with Crippen molar-refractivity contribution in [1.82, 2.24) is 9.97 Å². The van der Waals surface area contributed by atoms with Crippen molar-refractivity contribution in [1.29, 1.82) is 5.41 Å². The molecule has 5 heteroatoms. The molecule has 0 saturated heterocycles. The van der Waals surface area contributed by atoms with E-state index in [9.17, 15) is 0 Å². The number of rotatable bonds is 4. The van der Waals surface area contributed by atoms with Crippen LogP contribution >= 0.6 is 0 Å². The predicted octanol–water partition coefficient (Wildman–Crippen LogP) is 1.71. The van der Waals surface area contributed by atoms with Gasteiger partial charge in [0, 0.05) is 25.4 Å². The summed E-state index contributed by atoms with van der Waals surface area (Å²) in [5.41, 5.74) is 7.32. The number of benzene rings is 1. The molecule has 19 heavy (non-hydrogen) atoms. The lowest BCUT2D eigenvalue weighted by molar-refractivity contribution is 0.879. The molecule has 0 aliphatic carbocycles. The van der Waals surface area contributed by atoms with Crippen molar-refractivity contribution in [3.8, 4) is 0 Å². The van der Waals surface area contributed by atoms with E-state index in [1.54, 1.807) is 6.20 Å². The second kappa shape index (κ2) is 5.48. The summed E-state index contributed by atoms with van der Waals surface area (Å²) in [4.78, 5) is 10.5. The van der Waals surface area contributed by atoms with Crippen LogP contribution in [0.4, 0.5) is 5.82 Å². The fraction of sp³-hybridized carbons (Fsp3) is 0.214. The van der Waals surface area contributed by atoms with E-state index >= 15 is 0 Å². The minimum Gasteiger partial charge on any atom is -0.384 e.